The lowest BCUT2D eigenvalue weighted by Crippen LogP contribution is -2.52. The van der Waals surface area contributed by atoms with Gasteiger partial charge in [-0.25, -0.2) is 8.78 Å². The minimum atomic E-state index is -2.43. The van der Waals surface area contributed by atoms with Gasteiger partial charge in [0.2, 0.25) is 0 Å². The molecule has 0 aliphatic carbocycles. The third-order valence-electron chi connectivity index (χ3n) is 4.20. The van der Waals surface area contributed by atoms with E-state index >= 15 is 0 Å². The van der Waals surface area contributed by atoms with Crippen molar-refractivity contribution in [3.05, 3.63) is 35.4 Å². The molecule has 2 N–H and O–H groups in total. The molecule has 112 valence electrons. The molecule has 1 aliphatic heterocycles. The van der Waals surface area contributed by atoms with E-state index < -0.39 is 6.43 Å². The number of hydrogen-bond acceptors (Lipinski definition) is 3. The summed E-state index contributed by atoms with van der Waals surface area (Å²) < 4.78 is 25.6. The zero-order chi connectivity index (χ0) is 14.7. The fourth-order valence-electron chi connectivity index (χ4n) is 2.76. The molecule has 0 spiro atoms. The molecule has 1 aromatic rings. The summed E-state index contributed by atoms with van der Waals surface area (Å²) in [4.78, 5) is 4.61. The van der Waals surface area contributed by atoms with Crippen molar-refractivity contribution in [2.24, 2.45) is 5.73 Å². The van der Waals surface area contributed by atoms with Crippen molar-refractivity contribution in [3.8, 4) is 0 Å². The molecule has 3 nitrogen and oxygen atoms in total. The zero-order valence-corrected chi connectivity index (χ0v) is 12.1. The number of nitrogens with two attached hydrogens (primary N) is 1. The van der Waals surface area contributed by atoms with Gasteiger partial charge in [0.15, 0.2) is 0 Å². The van der Waals surface area contributed by atoms with Gasteiger partial charge in [0.25, 0.3) is 6.43 Å². The standard InChI is InChI=1S/C15H23F2N3/c1-11-10-20(7-6-19(11)2)14(9-18)12-4-3-5-13(8-12)15(16)17/h3-5,8,11,14-15H,6-7,9-10,18H2,1-2H3. The molecule has 1 heterocycles. The fraction of sp³-hybridized carbons (Fsp3) is 0.600. The maximum atomic E-state index is 12.8. The maximum absolute atomic E-state index is 12.8. The second-order valence-corrected chi connectivity index (χ2v) is 5.55. The highest BCUT2D eigenvalue weighted by Gasteiger charge is 2.27. The van der Waals surface area contributed by atoms with Gasteiger partial charge in [-0.2, -0.15) is 0 Å². The zero-order valence-electron chi connectivity index (χ0n) is 12.1. The molecule has 0 saturated carbocycles. The number of benzene rings is 1. The summed E-state index contributed by atoms with van der Waals surface area (Å²) >= 11 is 0. The van der Waals surface area contributed by atoms with E-state index in [0.29, 0.717) is 12.6 Å². The highest BCUT2D eigenvalue weighted by Crippen LogP contribution is 2.26. The van der Waals surface area contributed by atoms with Crippen molar-refractivity contribution in [2.75, 3.05) is 33.2 Å². The lowest BCUT2D eigenvalue weighted by molar-refractivity contribution is 0.0739. The van der Waals surface area contributed by atoms with Crippen LogP contribution in [-0.4, -0.2) is 49.1 Å². The first-order valence-corrected chi connectivity index (χ1v) is 7.05. The van der Waals surface area contributed by atoms with Crippen LogP contribution < -0.4 is 5.73 Å². The minimum absolute atomic E-state index is 0.0184. The number of halogens is 2. The van der Waals surface area contributed by atoms with E-state index in [0.717, 1.165) is 25.2 Å². The minimum Gasteiger partial charge on any atom is -0.329 e. The van der Waals surface area contributed by atoms with Gasteiger partial charge in [0.05, 0.1) is 0 Å². The van der Waals surface area contributed by atoms with Gasteiger partial charge in [0.1, 0.15) is 0 Å². The number of piperazine rings is 1. The van der Waals surface area contributed by atoms with Gasteiger partial charge < -0.3 is 10.6 Å². The van der Waals surface area contributed by atoms with E-state index in [9.17, 15) is 8.78 Å². The lowest BCUT2D eigenvalue weighted by Gasteiger charge is -2.41. The van der Waals surface area contributed by atoms with Crippen molar-refractivity contribution < 1.29 is 8.78 Å². The summed E-state index contributed by atoms with van der Waals surface area (Å²) in [5.41, 5.74) is 6.86. The topological polar surface area (TPSA) is 32.5 Å². The predicted octanol–water partition coefficient (Wildman–Crippen LogP) is 2.26. The van der Waals surface area contributed by atoms with Gasteiger partial charge in [0, 0.05) is 43.8 Å². The number of nitrogens with zero attached hydrogens (tertiary/aromatic N) is 2. The third-order valence-corrected chi connectivity index (χ3v) is 4.20. The van der Waals surface area contributed by atoms with Gasteiger partial charge in [-0.15, -0.1) is 0 Å². The van der Waals surface area contributed by atoms with Crippen molar-refractivity contribution >= 4 is 0 Å². The molecule has 0 aromatic heterocycles. The molecular weight excluding hydrogens is 260 g/mol. The van der Waals surface area contributed by atoms with E-state index in [-0.39, 0.29) is 11.6 Å². The maximum Gasteiger partial charge on any atom is 0.263 e. The van der Waals surface area contributed by atoms with Gasteiger partial charge in [-0.05, 0) is 25.6 Å². The summed E-state index contributed by atoms with van der Waals surface area (Å²) in [5.74, 6) is 0. The predicted molar refractivity (Wildman–Crippen MR) is 76.9 cm³/mol. The lowest BCUT2D eigenvalue weighted by atomic mass is 10.0. The number of likely N-dealkylation sites (N-methyl/N-ethyl adjacent to an activating group) is 1. The SMILES string of the molecule is CC1CN(C(CN)c2cccc(C(F)F)c2)CCN1C. The van der Waals surface area contributed by atoms with E-state index in [1.165, 1.54) is 6.07 Å². The van der Waals surface area contributed by atoms with Gasteiger partial charge in [-0.3, -0.25) is 4.90 Å². The summed E-state index contributed by atoms with van der Waals surface area (Å²) in [6.07, 6.45) is -2.43. The van der Waals surface area contributed by atoms with E-state index in [1.54, 1.807) is 12.1 Å². The average molecular weight is 283 g/mol. The largest absolute Gasteiger partial charge is 0.329 e. The van der Waals surface area contributed by atoms with Crippen LogP contribution in [-0.2, 0) is 0 Å². The Bertz CT molecular complexity index is 439. The molecule has 0 amide bonds. The molecule has 5 heteroatoms. The summed E-state index contributed by atoms with van der Waals surface area (Å²) in [6.45, 7) is 5.43. The molecule has 20 heavy (non-hydrogen) atoms. The number of hydrogen-bond donors (Lipinski definition) is 1. The number of alkyl halides is 2. The number of rotatable bonds is 4. The first kappa shape index (κ1) is 15.4. The quantitative estimate of drug-likeness (QED) is 0.920. The monoisotopic (exact) mass is 283 g/mol. The van der Waals surface area contributed by atoms with Gasteiger partial charge >= 0.3 is 0 Å². The second kappa shape index (κ2) is 6.61. The second-order valence-electron chi connectivity index (χ2n) is 5.55. The highest BCUT2D eigenvalue weighted by atomic mass is 19.3. The van der Waals surface area contributed by atoms with Crippen LogP contribution in [0.5, 0.6) is 0 Å². The average Bonchev–Trinajstić information content (AvgIpc) is 2.44. The van der Waals surface area contributed by atoms with Crippen LogP contribution in [0.4, 0.5) is 8.78 Å². The van der Waals surface area contributed by atoms with Crippen LogP contribution >= 0.6 is 0 Å². The molecule has 1 aliphatic rings. The Hall–Kier alpha value is -1.04. The van der Waals surface area contributed by atoms with E-state index in [4.69, 9.17) is 5.73 Å². The first-order chi connectivity index (χ1) is 9.52. The Kier molecular flexibility index (Phi) is 5.07. The molecular formula is C15H23F2N3. The molecule has 2 rings (SSSR count). The van der Waals surface area contributed by atoms with Crippen molar-refractivity contribution in [1.82, 2.24) is 9.80 Å². The van der Waals surface area contributed by atoms with E-state index in [1.807, 2.05) is 6.07 Å². The van der Waals surface area contributed by atoms with Crippen molar-refractivity contribution in [2.45, 2.75) is 25.4 Å². The Morgan fingerprint density at radius 3 is 2.60 bits per heavy atom. The van der Waals surface area contributed by atoms with Crippen LogP contribution in [0.1, 0.15) is 30.5 Å². The van der Waals surface area contributed by atoms with Crippen LogP contribution in [0.15, 0.2) is 24.3 Å². The molecule has 1 fully saturated rings. The van der Waals surface area contributed by atoms with Crippen LogP contribution in [0.2, 0.25) is 0 Å². The Morgan fingerprint density at radius 1 is 1.30 bits per heavy atom. The van der Waals surface area contributed by atoms with E-state index in [2.05, 4.69) is 23.8 Å². The van der Waals surface area contributed by atoms with Crippen molar-refractivity contribution in [1.29, 1.82) is 0 Å². The fourth-order valence-corrected chi connectivity index (χ4v) is 2.76. The summed E-state index contributed by atoms with van der Waals surface area (Å²) in [6, 6.07) is 7.12. The Labute approximate surface area is 119 Å². The Balaban J connectivity index is 2.17. The molecule has 2 unspecified atom stereocenters. The van der Waals surface area contributed by atoms with Crippen LogP contribution in [0.25, 0.3) is 0 Å². The molecule has 0 radical (unpaired) electrons. The summed E-state index contributed by atoms with van der Waals surface area (Å²) in [7, 11) is 2.11. The van der Waals surface area contributed by atoms with Gasteiger partial charge in [-0.1, -0.05) is 18.2 Å². The first-order valence-electron chi connectivity index (χ1n) is 7.05. The molecule has 1 aromatic carbocycles. The molecule has 0 bridgehead atoms. The third kappa shape index (κ3) is 3.34. The summed E-state index contributed by atoms with van der Waals surface area (Å²) in [5, 5.41) is 0. The van der Waals surface area contributed by atoms with Crippen LogP contribution in [0, 0.1) is 0 Å². The smallest absolute Gasteiger partial charge is 0.263 e. The normalized spacial score (nSPS) is 23.2. The highest BCUT2D eigenvalue weighted by molar-refractivity contribution is 5.27. The van der Waals surface area contributed by atoms with Crippen molar-refractivity contribution in [3.63, 3.8) is 0 Å². The molecule has 2 atom stereocenters. The molecule has 1 saturated heterocycles. The Morgan fingerprint density at radius 2 is 2.00 bits per heavy atom. The van der Waals surface area contributed by atoms with Crippen LogP contribution in [0.3, 0.4) is 0 Å².